The molecule has 1 amide bonds. The first kappa shape index (κ1) is 12.0. The van der Waals surface area contributed by atoms with Crippen LogP contribution in [0.5, 0.6) is 0 Å². The quantitative estimate of drug-likeness (QED) is 0.796. The van der Waals surface area contributed by atoms with Crippen molar-refractivity contribution in [2.45, 2.75) is 6.92 Å². The maximum absolute atomic E-state index is 11.9. The third kappa shape index (κ3) is 2.28. The Morgan fingerprint density at radius 3 is 2.89 bits per heavy atom. The van der Waals surface area contributed by atoms with Crippen LogP contribution in [0.4, 0.5) is 11.4 Å². The van der Waals surface area contributed by atoms with Crippen molar-refractivity contribution < 1.29 is 4.79 Å². The van der Waals surface area contributed by atoms with E-state index in [0.29, 0.717) is 27.5 Å². The fourth-order valence-corrected chi connectivity index (χ4v) is 1.92. The van der Waals surface area contributed by atoms with Gasteiger partial charge in [0, 0.05) is 0 Å². The van der Waals surface area contributed by atoms with Crippen molar-refractivity contribution in [2.75, 3.05) is 11.1 Å². The highest BCUT2D eigenvalue weighted by atomic mass is 32.1. The van der Waals surface area contributed by atoms with Gasteiger partial charge in [-0.15, -0.1) is 5.10 Å². The Morgan fingerprint density at radius 1 is 1.56 bits per heavy atom. The Kier molecular flexibility index (Phi) is 3.21. The largest absolute Gasteiger partial charge is 0.397 e. The topological polar surface area (TPSA) is 105 Å². The van der Waals surface area contributed by atoms with Gasteiger partial charge < -0.3 is 11.1 Å². The third-order valence-corrected chi connectivity index (χ3v) is 3.11. The van der Waals surface area contributed by atoms with E-state index in [4.69, 9.17) is 11.0 Å². The first-order chi connectivity index (χ1) is 8.61. The summed E-state index contributed by atoms with van der Waals surface area (Å²) in [6.45, 7) is 1.71. The first-order valence-corrected chi connectivity index (χ1v) is 5.79. The Balaban J connectivity index is 2.23. The summed E-state index contributed by atoms with van der Waals surface area (Å²) in [5, 5.41) is 15.1. The lowest BCUT2D eigenvalue weighted by Gasteiger charge is -2.07. The standard InChI is InChI=1S/C11H9N5OS/c1-6-10(18-16-15-6)11(17)14-9-3-2-7(5-12)4-8(9)13/h2-4H,13H2,1H3,(H,14,17). The van der Waals surface area contributed by atoms with Gasteiger partial charge in [-0.3, -0.25) is 4.79 Å². The van der Waals surface area contributed by atoms with Crippen LogP contribution in [0, 0.1) is 18.3 Å². The monoisotopic (exact) mass is 259 g/mol. The zero-order valence-electron chi connectivity index (χ0n) is 9.47. The molecule has 0 unspecified atom stereocenters. The minimum atomic E-state index is -0.307. The van der Waals surface area contributed by atoms with E-state index in [1.54, 1.807) is 19.1 Å². The Hall–Kier alpha value is -2.46. The molecule has 0 atom stereocenters. The number of anilines is 2. The summed E-state index contributed by atoms with van der Waals surface area (Å²) >= 11 is 1.02. The molecule has 0 aliphatic heterocycles. The lowest BCUT2D eigenvalue weighted by atomic mass is 10.2. The van der Waals surface area contributed by atoms with Crippen molar-refractivity contribution >= 4 is 28.8 Å². The summed E-state index contributed by atoms with van der Waals surface area (Å²) in [4.78, 5) is 12.3. The fourth-order valence-electron chi connectivity index (χ4n) is 1.36. The summed E-state index contributed by atoms with van der Waals surface area (Å²) < 4.78 is 3.69. The van der Waals surface area contributed by atoms with E-state index in [0.717, 1.165) is 11.5 Å². The molecular weight excluding hydrogens is 250 g/mol. The van der Waals surface area contributed by atoms with Crippen molar-refractivity contribution in [3.63, 3.8) is 0 Å². The van der Waals surface area contributed by atoms with Gasteiger partial charge in [-0.1, -0.05) is 4.49 Å². The minimum Gasteiger partial charge on any atom is -0.397 e. The van der Waals surface area contributed by atoms with Crippen LogP contribution in [0.2, 0.25) is 0 Å². The summed E-state index contributed by atoms with van der Waals surface area (Å²) in [5.74, 6) is -0.307. The summed E-state index contributed by atoms with van der Waals surface area (Å²) in [6.07, 6.45) is 0. The number of nitrogens with one attached hydrogen (secondary N) is 1. The molecular formula is C11H9N5OS. The van der Waals surface area contributed by atoms with E-state index >= 15 is 0 Å². The molecule has 0 spiro atoms. The zero-order valence-corrected chi connectivity index (χ0v) is 10.3. The van der Waals surface area contributed by atoms with Gasteiger partial charge in [0.25, 0.3) is 5.91 Å². The number of aromatic nitrogens is 2. The smallest absolute Gasteiger partial charge is 0.269 e. The van der Waals surface area contributed by atoms with E-state index in [1.807, 2.05) is 6.07 Å². The van der Waals surface area contributed by atoms with Crippen LogP contribution in [0.1, 0.15) is 20.9 Å². The SMILES string of the molecule is Cc1nnsc1C(=O)Nc1ccc(C#N)cc1N. The molecule has 1 aromatic heterocycles. The number of aryl methyl sites for hydroxylation is 1. The molecule has 0 saturated heterocycles. The van der Waals surface area contributed by atoms with Gasteiger partial charge >= 0.3 is 0 Å². The van der Waals surface area contributed by atoms with Crippen molar-refractivity contribution in [3.8, 4) is 6.07 Å². The van der Waals surface area contributed by atoms with E-state index < -0.39 is 0 Å². The van der Waals surface area contributed by atoms with Crippen molar-refractivity contribution in [1.29, 1.82) is 5.26 Å². The highest BCUT2D eigenvalue weighted by molar-refractivity contribution is 7.08. The van der Waals surface area contributed by atoms with Crippen LogP contribution in [-0.2, 0) is 0 Å². The highest BCUT2D eigenvalue weighted by Crippen LogP contribution is 2.21. The van der Waals surface area contributed by atoms with Crippen LogP contribution in [0.3, 0.4) is 0 Å². The number of nitrogen functional groups attached to an aromatic ring is 1. The molecule has 18 heavy (non-hydrogen) atoms. The highest BCUT2D eigenvalue weighted by Gasteiger charge is 2.14. The van der Waals surface area contributed by atoms with Crippen LogP contribution < -0.4 is 11.1 Å². The number of carbonyl (C=O) groups is 1. The molecule has 6 nitrogen and oxygen atoms in total. The molecule has 3 N–H and O–H groups in total. The van der Waals surface area contributed by atoms with Crippen LogP contribution in [0.25, 0.3) is 0 Å². The molecule has 0 radical (unpaired) electrons. The van der Waals surface area contributed by atoms with Gasteiger partial charge in [0.2, 0.25) is 0 Å². The number of rotatable bonds is 2. The summed E-state index contributed by atoms with van der Waals surface area (Å²) in [6, 6.07) is 6.66. The third-order valence-electron chi connectivity index (χ3n) is 2.29. The average molecular weight is 259 g/mol. The van der Waals surface area contributed by atoms with Crippen LogP contribution in [-0.4, -0.2) is 15.5 Å². The van der Waals surface area contributed by atoms with Gasteiger partial charge in [-0.25, -0.2) is 0 Å². The average Bonchev–Trinajstić information content (AvgIpc) is 2.78. The lowest BCUT2D eigenvalue weighted by Crippen LogP contribution is -2.13. The fraction of sp³-hybridized carbons (Fsp3) is 0.0909. The Bertz CT molecular complexity index is 643. The number of hydrogen-bond acceptors (Lipinski definition) is 6. The second kappa shape index (κ2) is 4.81. The summed E-state index contributed by atoms with van der Waals surface area (Å²) in [5.41, 5.74) is 7.57. The number of carbonyl (C=O) groups excluding carboxylic acids is 1. The molecule has 1 aromatic carbocycles. The van der Waals surface area contributed by atoms with Crippen molar-refractivity contribution in [1.82, 2.24) is 9.59 Å². The maximum atomic E-state index is 11.9. The molecule has 0 bridgehead atoms. The number of nitriles is 1. The second-order valence-corrected chi connectivity index (χ2v) is 4.31. The number of nitrogens with two attached hydrogens (primary N) is 1. The van der Waals surface area contributed by atoms with Crippen LogP contribution >= 0.6 is 11.5 Å². The molecule has 90 valence electrons. The van der Waals surface area contributed by atoms with E-state index in [-0.39, 0.29) is 5.91 Å². The lowest BCUT2D eigenvalue weighted by molar-refractivity contribution is 0.103. The Morgan fingerprint density at radius 2 is 2.33 bits per heavy atom. The number of benzene rings is 1. The predicted octanol–water partition coefficient (Wildman–Crippen LogP) is 1.55. The van der Waals surface area contributed by atoms with E-state index in [1.165, 1.54) is 6.07 Å². The number of hydrogen-bond donors (Lipinski definition) is 2. The molecule has 1 heterocycles. The molecule has 0 aliphatic rings. The molecule has 0 fully saturated rings. The minimum absolute atomic E-state index is 0.307. The van der Waals surface area contributed by atoms with Gasteiger partial charge in [-0.05, 0) is 36.7 Å². The van der Waals surface area contributed by atoms with Gasteiger partial charge in [0.05, 0.1) is 28.7 Å². The number of nitrogens with zero attached hydrogens (tertiary/aromatic N) is 3. The molecule has 0 aliphatic carbocycles. The molecule has 2 rings (SSSR count). The van der Waals surface area contributed by atoms with Crippen LogP contribution in [0.15, 0.2) is 18.2 Å². The summed E-state index contributed by atoms with van der Waals surface area (Å²) in [7, 11) is 0. The molecule has 2 aromatic rings. The predicted molar refractivity (Wildman–Crippen MR) is 68.2 cm³/mol. The van der Waals surface area contributed by atoms with E-state index in [9.17, 15) is 4.79 Å². The maximum Gasteiger partial charge on any atom is 0.269 e. The first-order valence-electron chi connectivity index (χ1n) is 5.01. The van der Waals surface area contributed by atoms with Gasteiger partial charge in [0.1, 0.15) is 4.88 Å². The second-order valence-electron chi connectivity index (χ2n) is 3.56. The Labute approximate surface area is 107 Å². The normalized spacial score (nSPS) is 9.78. The van der Waals surface area contributed by atoms with E-state index in [2.05, 4.69) is 14.9 Å². The number of amides is 1. The van der Waals surface area contributed by atoms with Gasteiger partial charge in [-0.2, -0.15) is 5.26 Å². The van der Waals surface area contributed by atoms with Gasteiger partial charge in [0.15, 0.2) is 0 Å². The van der Waals surface area contributed by atoms with Crippen molar-refractivity contribution in [2.24, 2.45) is 0 Å². The molecule has 7 heteroatoms. The molecule has 0 saturated carbocycles. The zero-order chi connectivity index (χ0) is 13.1. The van der Waals surface area contributed by atoms with Crippen molar-refractivity contribution in [3.05, 3.63) is 34.3 Å².